The van der Waals surface area contributed by atoms with E-state index in [-0.39, 0.29) is 19.0 Å². The molecule has 0 saturated carbocycles. The van der Waals surface area contributed by atoms with Crippen molar-refractivity contribution < 1.29 is 14.7 Å². The molecule has 0 spiro atoms. The van der Waals surface area contributed by atoms with Crippen LogP contribution in [0.25, 0.3) is 0 Å². The Morgan fingerprint density at radius 1 is 1.16 bits per heavy atom. The van der Waals surface area contributed by atoms with Gasteiger partial charge in [0.25, 0.3) is 0 Å². The number of aliphatic carboxylic acids is 1. The lowest BCUT2D eigenvalue weighted by atomic mass is 10.2. The van der Waals surface area contributed by atoms with Crippen LogP contribution in [0.15, 0.2) is 0 Å². The van der Waals surface area contributed by atoms with Crippen LogP contribution in [0.5, 0.6) is 0 Å². The third-order valence-corrected chi connectivity index (χ3v) is 3.20. The van der Waals surface area contributed by atoms with Gasteiger partial charge in [0, 0.05) is 32.7 Å². The van der Waals surface area contributed by atoms with Gasteiger partial charge in [0.05, 0.1) is 13.1 Å². The van der Waals surface area contributed by atoms with Gasteiger partial charge in [-0.25, -0.2) is 0 Å². The van der Waals surface area contributed by atoms with Crippen LogP contribution in [0.2, 0.25) is 0 Å². The van der Waals surface area contributed by atoms with Crippen LogP contribution in [-0.4, -0.2) is 84.5 Å². The van der Waals surface area contributed by atoms with E-state index in [1.54, 1.807) is 4.90 Å². The fourth-order valence-corrected chi connectivity index (χ4v) is 2.24. The molecule has 0 aromatic rings. The monoisotopic (exact) mass is 271 g/mol. The lowest BCUT2D eigenvalue weighted by Gasteiger charge is -2.34. The van der Waals surface area contributed by atoms with Gasteiger partial charge in [-0.3, -0.25) is 14.5 Å². The third kappa shape index (κ3) is 6.02. The van der Waals surface area contributed by atoms with Crippen LogP contribution >= 0.6 is 0 Å². The van der Waals surface area contributed by atoms with Crippen molar-refractivity contribution in [3.8, 4) is 0 Å². The fourth-order valence-electron chi connectivity index (χ4n) is 2.24. The molecular formula is C13H25N3O3. The van der Waals surface area contributed by atoms with Gasteiger partial charge in [0.15, 0.2) is 0 Å². The lowest BCUT2D eigenvalue weighted by molar-refractivity contribution is -0.140. The van der Waals surface area contributed by atoms with Crippen LogP contribution in [-0.2, 0) is 9.59 Å². The highest BCUT2D eigenvalue weighted by Gasteiger charge is 2.22. The van der Waals surface area contributed by atoms with Gasteiger partial charge in [0.2, 0.25) is 5.91 Å². The van der Waals surface area contributed by atoms with Gasteiger partial charge >= 0.3 is 5.97 Å². The van der Waals surface area contributed by atoms with E-state index in [9.17, 15) is 9.59 Å². The Kier molecular flexibility index (Phi) is 6.24. The second kappa shape index (κ2) is 7.45. The number of carbonyl (C=O) groups is 2. The van der Waals surface area contributed by atoms with Crippen molar-refractivity contribution >= 4 is 11.9 Å². The van der Waals surface area contributed by atoms with E-state index < -0.39 is 5.97 Å². The molecule has 6 nitrogen and oxygen atoms in total. The first kappa shape index (κ1) is 15.9. The summed E-state index contributed by atoms with van der Waals surface area (Å²) in [5, 5.41) is 8.88. The predicted molar refractivity (Wildman–Crippen MR) is 73.0 cm³/mol. The Balaban J connectivity index is 2.47. The zero-order valence-corrected chi connectivity index (χ0v) is 12.1. The molecule has 0 aromatic heterocycles. The number of hydrogen-bond acceptors (Lipinski definition) is 4. The van der Waals surface area contributed by atoms with Crippen LogP contribution in [0.3, 0.4) is 0 Å². The molecule has 1 saturated heterocycles. The van der Waals surface area contributed by atoms with Crippen molar-refractivity contribution in [1.82, 2.24) is 14.7 Å². The van der Waals surface area contributed by atoms with Gasteiger partial charge in [0.1, 0.15) is 0 Å². The number of likely N-dealkylation sites (N-methyl/N-ethyl adjacent to an activating group) is 1. The number of carboxylic acids is 1. The van der Waals surface area contributed by atoms with Crippen molar-refractivity contribution in [3.63, 3.8) is 0 Å². The molecule has 1 aliphatic rings. The Hall–Kier alpha value is -1.14. The molecule has 6 heteroatoms. The Labute approximate surface area is 115 Å². The lowest BCUT2D eigenvalue weighted by Crippen LogP contribution is -2.50. The number of nitrogens with zero attached hydrogens (tertiary/aromatic N) is 3. The zero-order chi connectivity index (χ0) is 14.4. The highest BCUT2D eigenvalue weighted by atomic mass is 16.4. The molecule has 0 unspecified atom stereocenters. The molecule has 0 bridgehead atoms. The standard InChI is InChI=1S/C13H25N3O3/c1-11(2)8-15(10-13(18)19)9-12(17)16-6-4-14(3)5-7-16/h11H,4-10H2,1-3H3,(H,18,19). The van der Waals surface area contributed by atoms with E-state index in [0.717, 1.165) is 26.2 Å². The first-order valence-corrected chi connectivity index (χ1v) is 6.79. The average Bonchev–Trinajstić information content (AvgIpc) is 2.27. The van der Waals surface area contributed by atoms with E-state index in [2.05, 4.69) is 4.90 Å². The van der Waals surface area contributed by atoms with Crippen LogP contribution in [0.4, 0.5) is 0 Å². The summed E-state index contributed by atoms with van der Waals surface area (Å²) in [4.78, 5) is 28.7. The minimum atomic E-state index is -0.883. The summed E-state index contributed by atoms with van der Waals surface area (Å²) in [5.74, 6) is -0.499. The van der Waals surface area contributed by atoms with E-state index in [1.807, 2.05) is 25.8 Å². The van der Waals surface area contributed by atoms with E-state index in [4.69, 9.17) is 5.11 Å². The molecule has 19 heavy (non-hydrogen) atoms. The van der Waals surface area contributed by atoms with E-state index >= 15 is 0 Å². The molecular weight excluding hydrogens is 246 g/mol. The summed E-state index contributed by atoms with van der Waals surface area (Å²) >= 11 is 0. The van der Waals surface area contributed by atoms with E-state index in [0.29, 0.717) is 12.5 Å². The first-order chi connectivity index (χ1) is 8.88. The molecule has 1 amide bonds. The van der Waals surface area contributed by atoms with Crippen LogP contribution in [0.1, 0.15) is 13.8 Å². The van der Waals surface area contributed by atoms with Crippen molar-refractivity contribution in [3.05, 3.63) is 0 Å². The third-order valence-electron chi connectivity index (χ3n) is 3.20. The minimum absolute atomic E-state index is 0.0370. The molecule has 110 valence electrons. The van der Waals surface area contributed by atoms with Crippen LogP contribution < -0.4 is 0 Å². The normalized spacial score (nSPS) is 17.2. The molecule has 0 radical (unpaired) electrons. The maximum Gasteiger partial charge on any atom is 0.317 e. The van der Waals surface area contributed by atoms with Gasteiger partial charge < -0.3 is 14.9 Å². The van der Waals surface area contributed by atoms with Gasteiger partial charge in [-0.1, -0.05) is 13.8 Å². The fraction of sp³-hybridized carbons (Fsp3) is 0.846. The predicted octanol–water partition coefficient (Wildman–Crippen LogP) is -0.197. The van der Waals surface area contributed by atoms with E-state index in [1.165, 1.54) is 0 Å². The quantitative estimate of drug-likeness (QED) is 0.725. The van der Waals surface area contributed by atoms with Gasteiger partial charge in [-0.2, -0.15) is 0 Å². The molecule has 0 aliphatic carbocycles. The smallest absolute Gasteiger partial charge is 0.317 e. The summed E-state index contributed by atoms with van der Waals surface area (Å²) in [6.45, 7) is 8.04. The highest BCUT2D eigenvalue weighted by Crippen LogP contribution is 2.03. The summed E-state index contributed by atoms with van der Waals surface area (Å²) in [5.41, 5.74) is 0. The number of carboxylic acid groups (broad SMARTS) is 1. The Bertz CT molecular complexity index is 312. The summed E-state index contributed by atoms with van der Waals surface area (Å²) in [6.07, 6.45) is 0. The topological polar surface area (TPSA) is 64.1 Å². The Morgan fingerprint density at radius 3 is 2.21 bits per heavy atom. The molecule has 0 aromatic carbocycles. The molecule has 1 N–H and O–H groups in total. The van der Waals surface area contributed by atoms with Crippen molar-refractivity contribution in [2.75, 3.05) is 52.9 Å². The maximum absolute atomic E-state index is 12.2. The molecule has 1 rings (SSSR count). The largest absolute Gasteiger partial charge is 0.480 e. The number of carbonyl (C=O) groups excluding carboxylic acids is 1. The van der Waals surface area contributed by atoms with Crippen LogP contribution in [0, 0.1) is 5.92 Å². The molecule has 0 atom stereocenters. The molecule has 1 heterocycles. The second-order valence-electron chi connectivity index (χ2n) is 5.64. The van der Waals surface area contributed by atoms with Crippen molar-refractivity contribution in [2.45, 2.75) is 13.8 Å². The molecule has 1 fully saturated rings. The number of rotatable bonds is 6. The minimum Gasteiger partial charge on any atom is -0.480 e. The SMILES string of the molecule is CC(C)CN(CC(=O)O)CC(=O)N1CCN(C)CC1. The van der Waals surface area contributed by atoms with Crippen molar-refractivity contribution in [1.29, 1.82) is 0 Å². The van der Waals surface area contributed by atoms with Gasteiger partial charge in [-0.05, 0) is 13.0 Å². The number of hydrogen-bond donors (Lipinski definition) is 1. The zero-order valence-electron chi connectivity index (χ0n) is 12.1. The van der Waals surface area contributed by atoms with Gasteiger partial charge in [-0.15, -0.1) is 0 Å². The average molecular weight is 271 g/mol. The summed E-state index contributed by atoms with van der Waals surface area (Å²) < 4.78 is 0. The number of piperazine rings is 1. The maximum atomic E-state index is 12.2. The Morgan fingerprint density at radius 2 is 1.74 bits per heavy atom. The number of amides is 1. The summed E-state index contributed by atoms with van der Waals surface area (Å²) in [7, 11) is 2.04. The first-order valence-electron chi connectivity index (χ1n) is 6.79. The summed E-state index contributed by atoms with van der Waals surface area (Å²) in [6, 6.07) is 0. The molecule has 1 aliphatic heterocycles. The second-order valence-corrected chi connectivity index (χ2v) is 5.64. The van der Waals surface area contributed by atoms with Crippen molar-refractivity contribution in [2.24, 2.45) is 5.92 Å². The highest BCUT2D eigenvalue weighted by molar-refractivity contribution is 5.79.